The molecule has 34 heavy (non-hydrogen) atoms. The molecule has 2 aromatic rings. The molecule has 9 heteroatoms. The van der Waals surface area contributed by atoms with Crippen LogP contribution in [0.4, 0.5) is 9.18 Å². The number of hydrogen-bond donors (Lipinski definition) is 1. The van der Waals surface area contributed by atoms with E-state index in [0.717, 1.165) is 11.1 Å². The third-order valence-corrected chi connectivity index (χ3v) is 6.76. The van der Waals surface area contributed by atoms with Crippen LogP contribution < -0.4 is 5.73 Å². The Morgan fingerprint density at radius 3 is 2.32 bits per heavy atom. The van der Waals surface area contributed by atoms with Gasteiger partial charge in [0.15, 0.2) is 0 Å². The molecule has 6 nitrogen and oxygen atoms in total. The molecule has 0 aromatic heterocycles. The van der Waals surface area contributed by atoms with Crippen molar-refractivity contribution in [1.82, 2.24) is 14.7 Å². The van der Waals surface area contributed by atoms with E-state index in [4.69, 9.17) is 28.9 Å². The van der Waals surface area contributed by atoms with Gasteiger partial charge in [-0.05, 0) is 49.2 Å². The number of alkyl halides is 1. The predicted octanol–water partition coefficient (Wildman–Crippen LogP) is 4.65. The van der Waals surface area contributed by atoms with Crippen LogP contribution in [0.5, 0.6) is 0 Å². The van der Waals surface area contributed by atoms with Crippen LogP contribution in [0.2, 0.25) is 5.02 Å². The van der Waals surface area contributed by atoms with Crippen molar-refractivity contribution < 1.29 is 14.0 Å². The van der Waals surface area contributed by atoms with Gasteiger partial charge in [-0.2, -0.15) is 0 Å². The highest BCUT2D eigenvalue weighted by Gasteiger charge is 2.34. The molecule has 3 atom stereocenters. The number of nitrogens with two attached hydrogens (primary N) is 1. The van der Waals surface area contributed by atoms with E-state index < -0.39 is 12.1 Å². The van der Waals surface area contributed by atoms with Gasteiger partial charge in [-0.3, -0.25) is 9.69 Å². The molecule has 0 aliphatic carbocycles. The van der Waals surface area contributed by atoms with Crippen LogP contribution >= 0.6 is 23.2 Å². The Balaban J connectivity index is 1.73. The number of amides is 3. The molecule has 0 saturated carbocycles. The summed E-state index contributed by atoms with van der Waals surface area (Å²) in [5.41, 5.74) is 7.45. The summed E-state index contributed by atoms with van der Waals surface area (Å²) in [6, 6.07) is 12.5. The largest absolute Gasteiger partial charge is 0.351 e. The molecule has 1 fully saturated rings. The van der Waals surface area contributed by atoms with Gasteiger partial charge >= 0.3 is 6.03 Å². The number of halogens is 3. The molecule has 2 aromatic carbocycles. The second-order valence-electron chi connectivity index (χ2n) is 8.79. The monoisotopic (exact) mass is 508 g/mol. The Bertz CT molecular complexity index is 974. The van der Waals surface area contributed by atoms with E-state index in [-0.39, 0.29) is 42.7 Å². The summed E-state index contributed by atoms with van der Waals surface area (Å²) in [5, 5.41) is 0.566. The highest BCUT2D eigenvalue weighted by Crippen LogP contribution is 2.28. The number of benzene rings is 2. The smallest absolute Gasteiger partial charge is 0.315 e. The minimum Gasteiger partial charge on any atom is -0.351 e. The highest BCUT2D eigenvalue weighted by atomic mass is 35.5. The van der Waals surface area contributed by atoms with Gasteiger partial charge in [-0.25, -0.2) is 9.18 Å². The first-order valence-corrected chi connectivity index (χ1v) is 12.3. The lowest BCUT2D eigenvalue weighted by Gasteiger charge is -2.45. The molecule has 1 aliphatic rings. The second-order valence-corrected chi connectivity index (χ2v) is 9.61. The molecule has 1 heterocycles. The summed E-state index contributed by atoms with van der Waals surface area (Å²) in [6.07, 6.45) is 0.0937. The lowest BCUT2D eigenvalue weighted by Crippen LogP contribution is -2.58. The molecule has 184 valence electrons. The second kappa shape index (κ2) is 11.9. The van der Waals surface area contributed by atoms with Crippen LogP contribution in [0, 0.1) is 5.82 Å². The number of carbonyl (C=O) groups excluding carboxylic acids is 2. The van der Waals surface area contributed by atoms with Gasteiger partial charge in [0.05, 0.1) is 12.5 Å². The number of rotatable bonds is 8. The van der Waals surface area contributed by atoms with Gasteiger partial charge in [-0.1, -0.05) is 35.9 Å². The zero-order chi connectivity index (χ0) is 24.8. The number of nitrogens with zero attached hydrogens (tertiary/aromatic N) is 3. The number of urea groups is 1. The Kier molecular flexibility index (Phi) is 9.17. The maximum absolute atomic E-state index is 13.5. The van der Waals surface area contributed by atoms with E-state index in [1.807, 2.05) is 11.8 Å². The summed E-state index contributed by atoms with van der Waals surface area (Å²) in [6.45, 7) is 6.26. The number of primary amides is 1. The van der Waals surface area contributed by atoms with E-state index in [1.54, 1.807) is 36.4 Å². The van der Waals surface area contributed by atoms with E-state index in [1.165, 1.54) is 17.0 Å². The third kappa shape index (κ3) is 6.62. The minimum absolute atomic E-state index is 0.0231. The Labute approximate surface area is 210 Å². The molecule has 2 N–H and O–H groups in total. The minimum atomic E-state index is -0.626. The van der Waals surface area contributed by atoms with Crippen molar-refractivity contribution in [3.63, 3.8) is 0 Å². The number of carbonyl (C=O) groups is 2. The predicted molar refractivity (Wildman–Crippen MR) is 133 cm³/mol. The zero-order valence-electron chi connectivity index (χ0n) is 19.5. The van der Waals surface area contributed by atoms with Crippen molar-refractivity contribution in [2.24, 2.45) is 5.73 Å². The molecular formula is C25H31Cl2FN4O2. The lowest BCUT2D eigenvalue weighted by atomic mass is 9.99. The Morgan fingerprint density at radius 1 is 1.09 bits per heavy atom. The van der Waals surface area contributed by atoms with Crippen molar-refractivity contribution in [2.75, 3.05) is 25.5 Å². The quantitative estimate of drug-likeness (QED) is 0.527. The standard InChI is InChI=1S/C25H31Cl2FN4O2/c1-17-15-32(18(2)14-30(17)16-19-3-9-22(28)10-4-19)24(33)13-23(31(12-11-26)25(29)34)20-5-7-21(27)8-6-20/h3-10,17-18,23H,11-16H2,1-2H3,(H2,29,34)/t17-,18+,23?/m0/s1. The van der Waals surface area contributed by atoms with Gasteiger partial charge in [0.1, 0.15) is 5.82 Å². The SMILES string of the molecule is C[C@@H]1CN(Cc2ccc(F)cc2)[C@@H](C)CN1C(=O)CC(c1ccc(Cl)cc1)N(CCCl)C(N)=O. The maximum atomic E-state index is 13.5. The Morgan fingerprint density at radius 2 is 1.74 bits per heavy atom. The molecule has 0 bridgehead atoms. The van der Waals surface area contributed by atoms with Gasteiger partial charge in [0.25, 0.3) is 0 Å². The van der Waals surface area contributed by atoms with Crippen molar-refractivity contribution in [3.8, 4) is 0 Å². The van der Waals surface area contributed by atoms with E-state index >= 15 is 0 Å². The summed E-state index contributed by atoms with van der Waals surface area (Å²) in [7, 11) is 0. The van der Waals surface area contributed by atoms with Gasteiger partial charge in [0, 0.05) is 49.2 Å². The van der Waals surface area contributed by atoms with Crippen molar-refractivity contribution in [3.05, 3.63) is 70.5 Å². The maximum Gasteiger partial charge on any atom is 0.315 e. The topological polar surface area (TPSA) is 69.9 Å². The van der Waals surface area contributed by atoms with Crippen LogP contribution in [-0.4, -0.2) is 64.2 Å². The molecule has 1 aliphatic heterocycles. The fraction of sp³-hybridized carbons (Fsp3) is 0.440. The number of piperazine rings is 1. The lowest BCUT2D eigenvalue weighted by molar-refractivity contribution is -0.138. The molecule has 1 saturated heterocycles. The average Bonchev–Trinajstić information content (AvgIpc) is 2.80. The van der Waals surface area contributed by atoms with Crippen LogP contribution in [0.3, 0.4) is 0 Å². The molecule has 0 radical (unpaired) electrons. The summed E-state index contributed by atoms with van der Waals surface area (Å²) >= 11 is 12.0. The molecule has 3 amide bonds. The zero-order valence-corrected chi connectivity index (χ0v) is 21.0. The van der Waals surface area contributed by atoms with Crippen molar-refractivity contribution >= 4 is 35.1 Å². The summed E-state index contributed by atoms with van der Waals surface area (Å²) in [5.74, 6) is -0.104. The molecule has 0 spiro atoms. The fourth-order valence-corrected chi connectivity index (χ4v) is 4.78. The van der Waals surface area contributed by atoms with Crippen molar-refractivity contribution in [2.45, 2.75) is 44.9 Å². The summed E-state index contributed by atoms with van der Waals surface area (Å²) in [4.78, 5) is 31.3. The van der Waals surface area contributed by atoms with E-state index in [9.17, 15) is 14.0 Å². The first kappa shape index (κ1) is 26.3. The normalized spacial score (nSPS) is 19.6. The average molecular weight is 509 g/mol. The van der Waals surface area contributed by atoms with Crippen LogP contribution in [-0.2, 0) is 11.3 Å². The van der Waals surface area contributed by atoms with Crippen molar-refractivity contribution in [1.29, 1.82) is 0 Å². The third-order valence-electron chi connectivity index (χ3n) is 6.34. The van der Waals surface area contributed by atoms with Gasteiger partial charge in [-0.15, -0.1) is 11.6 Å². The highest BCUT2D eigenvalue weighted by molar-refractivity contribution is 6.30. The van der Waals surface area contributed by atoms with Crippen LogP contribution in [0.25, 0.3) is 0 Å². The molecular weight excluding hydrogens is 478 g/mol. The van der Waals surface area contributed by atoms with Gasteiger partial charge < -0.3 is 15.5 Å². The van der Waals surface area contributed by atoms with Crippen LogP contribution in [0.15, 0.2) is 48.5 Å². The van der Waals surface area contributed by atoms with Gasteiger partial charge in [0.2, 0.25) is 5.91 Å². The molecule has 1 unspecified atom stereocenters. The summed E-state index contributed by atoms with van der Waals surface area (Å²) < 4.78 is 13.2. The first-order valence-electron chi connectivity index (χ1n) is 11.3. The first-order chi connectivity index (χ1) is 16.2. The van der Waals surface area contributed by atoms with Crippen LogP contribution in [0.1, 0.15) is 37.4 Å². The Hall–Kier alpha value is -2.35. The number of hydrogen-bond acceptors (Lipinski definition) is 3. The van der Waals surface area contributed by atoms with E-state index in [0.29, 0.717) is 24.7 Å². The molecule has 3 rings (SSSR count). The fourth-order valence-electron chi connectivity index (χ4n) is 4.48. The van der Waals surface area contributed by atoms with E-state index in [2.05, 4.69) is 11.8 Å².